The number of likely N-dealkylation sites (tertiary alicyclic amines) is 1. The lowest BCUT2D eigenvalue weighted by atomic mass is 10.0. The monoisotopic (exact) mass is 317 g/mol. The zero-order valence-corrected chi connectivity index (χ0v) is 12.2. The molecule has 5 nitrogen and oxygen atoms in total. The van der Waals surface area contributed by atoms with Crippen molar-refractivity contribution in [1.82, 2.24) is 9.88 Å². The number of aromatic nitrogens is 1. The van der Waals surface area contributed by atoms with E-state index >= 15 is 0 Å². The molecule has 2 heterocycles. The van der Waals surface area contributed by atoms with E-state index in [1.807, 2.05) is 0 Å². The quantitative estimate of drug-likeness (QED) is 0.931. The molecule has 0 spiro atoms. The number of ether oxygens (including phenoxy) is 1. The molecule has 1 atom stereocenters. The summed E-state index contributed by atoms with van der Waals surface area (Å²) in [5.74, 6) is 0.331. The Morgan fingerprint density at radius 3 is 2.86 bits per heavy atom. The van der Waals surface area contributed by atoms with E-state index in [9.17, 15) is 18.0 Å². The van der Waals surface area contributed by atoms with E-state index in [4.69, 9.17) is 0 Å². The number of amides is 2. The normalized spacial score (nSPS) is 18.9. The van der Waals surface area contributed by atoms with Crippen molar-refractivity contribution in [3.05, 3.63) is 18.3 Å². The van der Waals surface area contributed by atoms with Crippen LogP contribution in [-0.2, 0) is 0 Å². The number of rotatable bonds is 3. The minimum atomic E-state index is -4.40. The van der Waals surface area contributed by atoms with Gasteiger partial charge in [0.25, 0.3) is 0 Å². The minimum Gasteiger partial charge on any atom is -0.468 e. The number of alkyl halides is 3. The number of carbonyl (C=O) groups excluding carboxylic acids is 1. The SMILES string of the molecule is C[C@H]1CCCN(C(=O)Nc2ccc(OCC(F)(F)F)nc2)C1. The molecule has 0 saturated carbocycles. The first-order chi connectivity index (χ1) is 10.3. The summed E-state index contributed by atoms with van der Waals surface area (Å²) in [6.45, 7) is 2.10. The molecular weight excluding hydrogens is 299 g/mol. The number of anilines is 1. The molecular formula is C14H18F3N3O2. The fourth-order valence-corrected chi connectivity index (χ4v) is 2.27. The van der Waals surface area contributed by atoms with Crippen LogP contribution in [0.25, 0.3) is 0 Å². The van der Waals surface area contributed by atoms with Gasteiger partial charge in [-0.15, -0.1) is 0 Å². The van der Waals surface area contributed by atoms with Gasteiger partial charge in [0.1, 0.15) is 0 Å². The Kier molecular flexibility index (Phi) is 5.10. The molecule has 1 aliphatic heterocycles. The minimum absolute atomic E-state index is 0.137. The van der Waals surface area contributed by atoms with E-state index < -0.39 is 12.8 Å². The summed E-state index contributed by atoms with van der Waals surface area (Å²) in [5, 5.41) is 2.68. The van der Waals surface area contributed by atoms with Gasteiger partial charge in [0.2, 0.25) is 5.88 Å². The molecule has 1 aromatic heterocycles. The Morgan fingerprint density at radius 2 is 2.27 bits per heavy atom. The average molecular weight is 317 g/mol. The Morgan fingerprint density at radius 1 is 1.50 bits per heavy atom. The van der Waals surface area contributed by atoms with Crippen molar-refractivity contribution in [2.24, 2.45) is 5.92 Å². The van der Waals surface area contributed by atoms with Gasteiger partial charge in [-0.3, -0.25) is 0 Å². The van der Waals surface area contributed by atoms with Crippen LogP contribution in [0.4, 0.5) is 23.7 Å². The van der Waals surface area contributed by atoms with Gasteiger partial charge in [-0.1, -0.05) is 6.92 Å². The summed E-state index contributed by atoms with van der Waals surface area (Å²) in [6, 6.07) is 2.53. The third-order valence-corrected chi connectivity index (χ3v) is 3.32. The Labute approximate surface area is 126 Å². The summed E-state index contributed by atoms with van der Waals surface area (Å²) in [4.78, 5) is 17.5. The number of nitrogens with one attached hydrogen (secondary N) is 1. The molecule has 122 valence electrons. The smallest absolute Gasteiger partial charge is 0.422 e. The predicted molar refractivity (Wildman–Crippen MR) is 74.8 cm³/mol. The van der Waals surface area contributed by atoms with Gasteiger partial charge in [-0.05, 0) is 24.8 Å². The van der Waals surface area contributed by atoms with Gasteiger partial charge < -0.3 is 15.0 Å². The molecule has 2 rings (SSSR count). The summed E-state index contributed by atoms with van der Waals surface area (Å²) in [5.41, 5.74) is 0.419. The molecule has 22 heavy (non-hydrogen) atoms. The van der Waals surface area contributed by atoms with Gasteiger partial charge in [0.05, 0.1) is 11.9 Å². The van der Waals surface area contributed by atoms with Crippen LogP contribution in [0.1, 0.15) is 19.8 Å². The van der Waals surface area contributed by atoms with Crippen LogP contribution < -0.4 is 10.1 Å². The number of piperidine rings is 1. The maximum absolute atomic E-state index is 12.1. The van der Waals surface area contributed by atoms with Gasteiger partial charge in [-0.25, -0.2) is 9.78 Å². The van der Waals surface area contributed by atoms with E-state index in [0.717, 1.165) is 12.8 Å². The van der Waals surface area contributed by atoms with Gasteiger partial charge >= 0.3 is 12.2 Å². The number of pyridine rings is 1. The molecule has 1 saturated heterocycles. The van der Waals surface area contributed by atoms with Crippen LogP contribution in [-0.4, -0.2) is 41.8 Å². The third-order valence-electron chi connectivity index (χ3n) is 3.32. The maximum Gasteiger partial charge on any atom is 0.422 e. The highest BCUT2D eigenvalue weighted by molar-refractivity contribution is 5.89. The van der Waals surface area contributed by atoms with Crippen LogP contribution in [0, 0.1) is 5.92 Å². The van der Waals surface area contributed by atoms with Crippen molar-refractivity contribution in [2.45, 2.75) is 25.9 Å². The highest BCUT2D eigenvalue weighted by atomic mass is 19.4. The number of hydrogen-bond acceptors (Lipinski definition) is 3. The van der Waals surface area contributed by atoms with E-state index in [1.165, 1.54) is 18.3 Å². The summed E-state index contributed by atoms with van der Waals surface area (Å²) >= 11 is 0. The van der Waals surface area contributed by atoms with Crippen LogP contribution in [0.3, 0.4) is 0 Å². The first-order valence-electron chi connectivity index (χ1n) is 7.05. The fraction of sp³-hybridized carbons (Fsp3) is 0.571. The van der Waals surface area contributed by atoms with E-state index in [0.29, 0.717) is 24.7 Å². The van der Waals surface area contributed by atoms with Crippen molar-refractivity contribution < 1.29 is 22.7 Å². The molecule has 1 N–H and O–H groups in total. The number of nitrogens with zero attached hydrogens (tertiary/aromatic N) is 2. The van der Waals surface area contributed by atoms with Crippen LogP contribution in [0.2, 0.25) is 0 Å². The summed E-state index contributed by atoms with van der Waals surface area (Å²) < 4.78 is 40.5. The lowest BCUT2D eigenvalue weighted by molar-refractivity contribution is -0.154. The largest absolute Gasteiger partial charge is 0.468 e. The topological polar surface area (TPSA) is 54.5 Å². The molecule has 2 amide bonds. The first kappa shape index (κ1) is 16.4. The lowest BCUT2D eigenvalue weighted by Crippen LogP contribution is -2.41. The zero-order chi connectivity index (χ0) is 16.2. The summed E-state index contributed by atoms with van der Waals surface area (Å²) in [6.07, 6.45) is -1.05. The molecule has 0 bridgehead atoms. The fourth-order valence-electron chi connectivity index (χ4n) is 2.27. The third kappa shape index (κ3) is 5.09. The Hall–Kier alpha value is -1.99. The molecule has 0 unspecified atom stereocenters. The van der Waals surface area contributed by atoms with E-state index in [1.54, 1.807) is 4.90 Å². The number of carbonyl (C=O) groups is 1. The van der Waals surface area contributed by atoms with Crippen molar-refractivity contribution in [3.63, 3.8) is 0 Å². The number of hydrogen-bond donors (Lipinski definition) is 1. The molecule has 1 aliphatic rings. The van der Waals surface area contributed by atoms with Crippen molar-refractivity contribution >= 4 is 11.7 Å². The zero-order valence-electron chi connectivity index (χ0n) is 12.2. The molecule has 1 fully saturated rings. The maximum atomic E-state index is 12.1. The number of urea groups is 1. The van der Waals surface area contributed by atoms with Crippen LogP contribution in [0.15, 0.2) is 18.3 Å². The molecule has 0 radical (unpaired) electrons. The Bertz CT molecular complexity index is 505. The van der Waals surface area contributed by atoms with Crippen molar-refractivity contribution in [3.8, 4) is 5.88 Å². The van der Waals surface area contributed by atoms with Crippen LogP contribution in [0.5, 0.6) is 5.88 Å². The summed E-state index contributed by atoms with van der Waals surface area (Å²) in [7, 11) is 0. The molecule has 8 heteroatoms. The predicted octanol–water partition coefficient (Wildman–Crippen LogP) is 3.29. The molecule has 0 aliphatic carbocycles. The van der Waals surface area contributed by atoms with Crippen molar-refractivity contribution in [2.75, 3.05) is 25.0 Å². The van der Waals surface area contributed by atoms with Gasteiger partial charge in [0.15, 0.2) is 6.61 Å². The number of halogens is 3. The lowest BCUT2D eigenvalue weighted by Gasteiger charge is -2.30. The first-order valence-corrected chi connectivity index (χ1v) is 7.05. The second kappa shape index (κ2) is 6.85. The van der Waals surface area contributed by atoms with Crippen molar-refractivity contribution in [1.29, 1.82) is 0 Å². The van der Waals surface area contributed by atoms with Gasteiger partial charge in [0, 0.05) is 19.2 Å². The molecule has 0 aromatic carbocycles. The van der Waals surface area contributed by atoms with Gasteiger partial charge in [-0.2, -0.15) is 13.2 Å². The van der Waals surface area contributed by atoms with E-state index in [-0.39, 0.29) is 11.9 Å². The Balaban J connectivity index is 1.86. The highest BCUT2D eigenvalue weighted by Gasteiger charge is 2.28. The standard InChI is InChI=1S/C14H18F3N3O2/c1-10-3-2-6-20(8-10)13(21)19-11-4-5-12(18-7-11)22-9-14(15,16)17/h4-5,7,10H,2-3,6,8-9H2,1H3,(H,19,21)/t10-/m0/s1. The molecule has 1 aromatic rings. The van der Waals surface area contributed by atoms with Crippen LogP contribution >= 0.6 is 0 Å². The average Bonchev–Trinajstić information content (AvgIpc) is 2.46. The van der Waals surface area contributed by atoms with E-state index in [2.05, 4.69) is 22.0 Å². The highest BCUT2D eigenvalue weighted by Crippen LogP contribution is 2.19. The second-order valence-corrected chi connectivity index (χ2v) is 5.41. The second-order valence-electron chi connectivity index (χ2n) is 5.41.